The first-order valence-electron chi connectivity index (χ1n) is 7.95. The first kappa shape index (κ1) is 14.4. The van der Waals surface area contributed by atoms with Crippen molar-refractivity contribution < 1.29 is 9.90 Å². The van der Waals surface area contributed by atoms with Crippen molar-refractivity contribution in [3.63, 3.8) is 0 Å². The molecule has 1 aliphatic carbocycles. The average Bonchev–Trinajstić information content (AvgIpc) is 3.04. The number of fused-ring (bicyclic) bond motifs is 2. The molecule has 2 fully saturated rings. The number of aliphatic hydroxyl groups is 1. The number of aromatic nitrogens is 3. The number of nitrogens with one attached hydrogen (secondary N) is 1. The number of β-amino-alcohol motifs (C(OH)–C–C–N with tert-alkyl or cyclic N) is 1. The van der Waals surface area contributed by atoms with E-state index >= 15 is 0 Å². The number of amides is 1. The zero-order valence-corrected chi connectivity index (χ0v) is 13.3. The van der Waals surface area contributed by atoms with Crippen molar-refractivity contribution in [1.82, 2.24) is 19.5 Å². The monoisotopic (exact) mass is 316 g/mol. The molecule has 2 atom stereocenters. The van der Waals surface area contributed by atoms with Crippen LogP contribution in [0.1, 0.15) is 29.8 Å². The Kier molecular flexibility index (Phi) is 2.93. The first-order chi connectivity index (χ1) is 10.9. The molecule has 3 heterocycles. The van der Waals surface area contributed by atoms with Crippen LogP contribution in [0.2, 0.25) is 0 Å². The minimum absolute atomic E-state index is 0.00521. The molecule has 23 heavy (non-hydrogen) atoms. The Balaban J connectivity index is 1.62. The number of nitrogens with zero attached hydrogens (tertiary/aromatic N) is 3. The largest absolute Gasteiger partial charge is 0.388 e. The number of piperidine rings is 1. The summed E-state index contributed by atoms with van der Waals surface area (Å²) in [7, 11) is 0. The predicted molar refractivity (Wildman–Crippen MR) is 83.2 cm³/mol. The Hall–Kier alpha value is -2.15. The van der Waals surface area contributed by atoms with E-state index < -0.39 is 5.60 Å². The van der Waals surface area contributed by atoms with Gasteiger partial charge in [0.25, 0.3) is 5.56 Å². The second kappa shape index (κ2) is 4.67. The minimum atomic E-state index is -0.647. The van der Waals surface area contributed by atoms with Gasteiger partial charge in [0.1, 0.15) is 0 Å². The molecule has 2 N–H and O–H groups in total. The summed E-state index contributed by atoms with van der Waals surface area (Å²) in [6, 6.07) is 1.44. The molecule has 2 aromatic heterocycles. The number of carbonyl (C=O) groups excluding carboxylic acids is 1. The topological polar surface area (TPSA) is 90.7 Å². The van der Waals surface area contributed by atoms with Gasteiger partial charge in [0.05, 0.1) is 12.0 Å². The number of H-pyrrole nitrogens is 1. The molecular formula is C16H20N4O3. The predicted octanol–water partition coefficient (Wildman–Crippen LogP) is 0.165. The van der Waals surface area contributed by atoms with Crippen molar-refractivity contribution in [3.05, 3.63) is 33.4 Å². The van der Waals surface area contributed by atoms with Crippen LogP contribution >= 0.6 is 0 Å². The quantitative estimate of drug-likeness (QED) is 0.826. The van der Waals surface area contributed by atoms with Crippen LogP contribution in [-0.4, -0.2) is 49.2 Å². The lowest BCUT2D eigenvalue weighted by Crippen LogP contribution is -2.44. The van der Waals surface area contributed by atoms with Crippen molar-refractivity contribution in [2.75, 3.05) is 13.1 Å². The van der Waals surface area contributed by atoms with Crippen molar-refractivity contribution in [2.45, 2.75) is 38.7 Å². The Morgan fingerprint density at radius 3 is 3.04 bits per heavy atom. The highest BCUT2D eigenvalue weighted by molar-refractivity contribution is 5.79. The SMILES string of the molecule is Cc1nc2cc(=O)[nH]n2c(C)c1CC(=O)N1CC[C@@H]2C[C@]2(O)C1. The summed E-state index contributed by atoms with van der Waals surface area (Å²) in [4.78, 5) is 30.3. The van der Waals surface area contributed by atoms with Crippen LogP contribution in [0.15, 0.2) is 10.9 Å². The van der Waals surface area contributed by atoms with E-state index in [-0.39, 0.29) is 17.9 Å². The average molecular weight is 316 g/mol. The van der Waals surface area contributed by atoms with Gasteiger partial charge < -0.3 is 10.0 Å². The van der Waals surface area contributed by atoms with Crippen LogP contribution in [0.3, 0.4) is 0 Å². The van der Waals surface area contributed by atoms with Gasteiger partial charge in [0.2, 0.25) is 5.91 Å². The summed E-state index contributed by atoms with van der Waals surface area (Å²) in [5.74, 6) is 0.378. The molecule has 0 aromatic carbocycles. The number of aryl methyl sites for hydroxylation is 2. The summed E-state index contributed by atoms with van der Waals surface area (Å²) < 4.78 is 1.62. The first-order valence-corrected chi connectivity index (χ1v) is 7.95. The Morgan fingerprint density at radius 2 is 2.30 bits per heavy atom. The van der Waals surface area contributed by atoms with Crippen LogP contribution in [0.25, 0.3) is 5.65 Å². The van der Waals surface area contributed by atoms with E-state index in [1.165, 1.54) is 6.07 Å². The van der Waals surface area contributed by atoms with Crippen LogP contribution in [0, 0.1) is 19.8 Å². The molecule has 0 unspecified atom stereocenters. The Labute approximate surface area is 132 Å². The number of hydrogen-bond donors (Lipinski definition) is 2. The van der Waals surface area contributed by atoms with Crippen LogP contribution in [0.5, 0.6) is 0 Å². The van der Waals surface area contributed by atoms with E-state index in [0.29, 0.717) is 24.7 Å². The molecule has 2 aromatic rings. The molecule has 0 bridgehead atoms. The summed E-state index contributed by atoms with van der Waals surface area (Å²) >= 11 is 0. The highest BCUT2D eigenvalue weighted by Gasteiger charge is 2.56. The number of aromatic amines is 1. The van der Waals surface area contributed by atoms with Crippen molar-refractivity contribution >= 4 is 11.6 Å². The zero-order valence-electron chi connectivity index (χ0n) is 13.3. The van der Waals surface area contributed by atoms with Crippen molar-refractivity contribution in [2.24, 2.45) is 5.92 Å². The van der Waals surface area contributed by atoms with Gasteiger partial charge in [-0.3, -0.25) is 14.7 Å². The molecule has 0 spiro atoms. The molecule has 122 valence electrons. The molecule has 4 rings (SSSR count). The van der Waals surface area contributed by atoms with Gasteiger partial charge in [-0.1, -0.05) is 0 Å². The normalized spacial score (nSPS) is 26.4. The molecule has 1 saturated heterocycles. The van der Waals surface area contributed by atoms with Crippen molar-refractivity contribution in [3.8, 4) is 0 Å². The molecule has 7 nitrogen and oxygen atoms in total. The van der Waals surface area contributed by atoms with Gasteiger partial charge in [-0.05, 0) is 32.6 Å². The maximum absolute atomic E-state index is 12.6. The summed E-state index contributed by atoms with van der Waals surface area (Å²) in [5, 5.41) is 12.9. The summed E-state index contributed by atoms with van der Waals surface area (Å²) in [6.07, 6.45) is 1.93. The van der Waals surface area contributed by atoms with E-state index in [2.05, 4.69) is 10.1 Å². The molecule has 2 aliphatic rings. The lowest BCUT2D eigenvalue weighted by molar-refractivity contribution is -0.134. The summed E-state index contributed by atoms with van der Waals surface area (Å²) in [5.41, 5.74) is 2.12. The van der Waals surface area contributed by atoms with Gasteiger partial charge in [0, 0.05) is 36.1 Å². The highest BCUT2D eigenvalue weighted by atomic mass is 16.3. The lowest BCUT2D eigenvalue weighted by atomic mass is 10.0. The third-order valence-corrected chi connectivity index (χ3v) is 5.29. The smallest absolute Gasteiger partial charge is 0.266 e. The summed E-state index contributed by atoms with van der Waals surface area (Å²) in [6.45, 7) is 4.87. The number of likely N-dealkylation sites (tertiary alicyclic amines) is 1. The molecular weight excluding hydrogens is 296 g/mol. The van der Waals surface area contributed by atoms with Crippen LogP contribution in [-0.2, 0) is 11.2 Å². The fourth-order valence-corrected chi connectivity index (χ4v) is 3.74. The molecule has 0 radical (unpaired) electrons. The zero-order chi connectivity index (χ0) is 16.4. The Bertz CT molecular complexity index is 868. The standard InChI is InChI=1S/C16H20N4O3/c1-9-12(10(2)20-13(17-9)6-14(21)18-20)5-15(22)19-4-3-11-7-16(11,23)8-19/h6,11,23H,3-5,7-8H2,1-2H3,(H,18,21)/t11-,16+/m1/s1. The van der Waals surface area contributed by atoms with Crippen LogP contribution < -0.4 is 5.56 Å². The maximum atomic E-state index is 12.6. The van der Waals surface area contributed by atoms with E-state index in [1.807, 2.05) is 13.8 Å². The van der Waals surface area contributed by atoms with Gasteiger partial charge in [0.15, 0.2) is 5.65 Å². The fraction of sp³-hybridized carbons (Fsp3) is 0.562. The molecule has 1 amide bonds. The molecule has 1 saturated carbocycles. The van der Waals surface area contributed by atoms with E-state index in [1.54, 1.807) is 9.42 Å². The van der Waals surface area contributed by atoms with Crippen molar-refractivity contribution in [1.29, 1.82) is 0 Å². The Morgan fingerprint density at radius 1 is 1.52 bits per heavy atom. The molecule has 1 aliphatic heterocycles. The highest BCUT2D eigenvalue weighted by Crippen LogP contribution is 2.49. The number of hydrogen-bond acceptors (Lipinski definition) is 4. The minimum Gasteiger partial charge on any atom is -0.388 e. The van der Waals surface area contributed by atoms with E-state index in [0.717, 1.165) is 29.8 Å². The second-order valence-corrected chi connectivity index (χ2v) is 6.86. The van der Waals surface area contributed by atoms with E-state index in [4.69, 9.17) is 0 Å². The number of carbonyl (C=O) groups is 1. The van der Waals surface area contributed by atoms with Gasteiger partial charge >= 0.3 is 0 Å². The maximum Gasteiger partial charge on any atom is 0.266 e. The van der Waals surface area contributed by atoms with Gasteiger partial charge in [-0.25, -0.2) is 9.50 Å². The lowest BCUT2D eigenvalue weighted by Gasteiger charge is -2.30. The molecule has 7 heteroatoms. The van der Waals surface area contributed by atoms with Gasteiger partial charge in [-0.15, -0.1) is 0 Å². The fourth-order valence-electron chi connectivity index (χ4n) is 3.74. The van der Waals surface area contributed by atoms with Crippen LogP contribution in [0.4, 0.5) is 0 Å². The van der Waals surface area contributed by atoms with E-state index in [9.17, 15) is 14.7 Å². The second-order valence-electron chi connectivity index (χ2n) is 6.86. The third kappa shape index (κ3) is 2.26. The van der Waals surface area contributed by atoms with Gasteiger partial charge in [-0.2, -0.15) is 0 Å². The number of rotatable bonds is 2. The third-order valence-electron chi connectivity index (χ3n) is 5.29.